The topological polar surface area (TPSA) is 73.6 Å². The molecule has 0 aliphatic carbocycles. The number of allylic oxidation sites excluding steroid dienone is 1. The maximum absolute atomic E-state index is 11.7. The van der Waals surface area contributed by atoms with Gasteiger partial charge in [0.1, 0.15) is 0 Å². The van der Waals surface area contributed by atoms with Crippen molar-refractivity contribution in [1.29, 1.82) is 0 Å². The average Bonchev–Trinajstić information content (AvgIpc) is 2.55. The monoisotopic (exact) mass is 326 g/mol. The lowest BCUT2D eigenvalue weighted by molar-refractivity contribution is -0.131. The highest BCUT2D eigenvalue weighted by Gasteiger charge is 2.38. The van der Waals surface area contributed by atoms with Gasteiger partial charge < -0.3 is 20.5 Å². The Morgan fingerprint density at radius 2 is 2.09 bits per heavy atom. The third kappa shape index (κ3) is 7.02. The molecular weight excluding hydrogens is 292 g/mol. The second-order valence-corrected chi connectivity index (χ2v) is 6.40. The fourth-order valence-electron chi connectivity index (χ4n) is 3.06. The van der Waals surface area contributed by atoms with Gasteiger partial charge in [0, 0.05) is 13.0 Å². The van der Waals surface area contributed by atoms with Crippen molar-refractivity contribution in [3.63, 3.8) is 0 Å². The van der Waals surface area contributed by atoms with E-state index >= 15 is 0 Å². The van der Waals surface area contributed by atoms with Crippen LogP contribution >= 0.6 is 0 Å². The van der Waals surface area contributed by atoms with Crippen molar-refractivity contribution < 1.29 is 14.3 Å². The Morgan fingerprint density at radius 3 is 2.74 bits per heavy atom. The highest BCUT2D eigenvalue weighted by atomic mass is 16.5. The van der Waals surface area contributed by atoms with E-state index in [2.05, 4.69) is 31.3 Å². The number of hydrogen-bond donors (Lipinski definition) is 2. The molecule has 5 heteroatoms. The Kier molecular flexibility index (Phi) is 10.2. The number of nitrogens with one attached hydrogen (secondary N) is 1. The van der Waals surface area contributed by atoms with Crippen LogP contribution in [0.1, 0.15) is 52.4 Å². The van der Waals surface area contributed by atoms with Crippen LogP contribution in [0.3, 0.4) is 0 Å². The van der Waals surface area contributed by atoms with Gasteiger partial charge in [-0.1, -0.05) is 51.7 Å². The standard InChI is InChI=1S/C18H34N2O3/c1-4-5-6-7-8-9-10-11-15-17(20-16(21)12-19)18(22-3)14(2)13-23-15/h10-11,14-15,17-18H,4-9,12-13,19H2,1-3H3,(H,20,21)/t14-,15-,17-,18-/m0/s1. The Bertz CT molecular complexity index is 360. The predicted molar refractivity (Wildman–Crippen MR) is 93.2 cm³/mol. The van der Waals surface area contributed by atoms with Crippen LogP contribution in [-0.4, -0.2) is 44.4 Å². The van der Waals surface area contributed by atoms with Crippen LogP contribution in [0.4, 0.5) is 0 Å². The zero-order valence-electron chi connectivity index (χ0n) is 14.9. The molecule has 1 amide bonds. The van der Waals surface area contributed by atoms with Gasteiger partial charge in [-0.05, 0) is 12.8 Å². The van der Waals surface area contributed by atoms with E-state index in [1.165, 1.54) is 32.1 Å². The molecule has 0 aromatic carbocycles. The average molecular weight is 326 g/mol. The van der Waals surface area contributed by atoms with Crippen LogP contribution in [0, 0.1) is 5.92 Å². The summed E-state index contributed by atoms with van der Waals surface area (Å²) in [5, 5.41) is 2.95. The molecule has 0 unspecified atom stereocenters. The third-order valence-corrected chi connectivity index (χ3v) is 4.41. The fraction of sp³-hybridized carbons (Fsp3) is 0.833. The van der Waals surface area contributed by atoms with E-state index in [4.69, 9.17) is 15.2 Å². The number of carbonyl (C=O) groups excluding carboxylic acids is 1. The fourth-order valence-corrected chi connectivity index (χ4v) is 3.06. The van der Waals surface area contributed by atoms with Gasteiger partial charge in [0.2, 0.25) is 5.91 Å². The molecular formula is C18H34N2O3. The van der Waals surface area contributed by atoms with Gasteiger partial charge in [-0.3, -0.25) is 4.79 Å². The zero-order valence-corrected chi connectivity index (χ0v) is 14.9. The molecule has 3 N–H and O–H groups in total. The van der Waals surface area contributed by atoms with Crippen LogP contribution in [-0.2, 0) is 14.3 Å². The summed E-state index contributed by atoms with van der Waals surface area (Å²) in [5.74, 6) is 0.0643. The smallest absolute Gasteiger partial charge is 0.234 e. The summed E-state index contributed by atoms with van der Waals surface area (Å²) in [4.78, 5) is 11.7. The SMILES string of the molecule is CCCCCCCC=C[C@@H]1OC[C@H](C)[C@H](OC)[C@H]1NC(=O)CN. The lowest BCUT2D eigenvalue weighted by atomic mass is 9.90. The molecule has 0 aromatic heterocycles. The van der Waals surface area contributed by atoms with E-state index < -0.39 is 0 Å². The molecule has 0 radical (unpaired) electrons. The zero-order chi connectivity index (χ0) is 17.1. The van der Waals surface area contributed by atoms with Gasteiger partial charge in [0.05, 0.1) is 31.4 Å². The van der Waals surface area contributed by atoms with E-state index in [1.807, 2.05) is 0 Å². The minimum Gasteiger partial charge on any atom is -0.379 e. The molecule has 23 heavy (non-hydrogen) atoms. The van der Waals surface area contributed by atoms with Gasteiger partial charge in [-0.2, -0.15) is 0 Å². The van der Waals surface area contributed by atoms with Crippen molar-refractivity contribution in [3.05, 3.63) is 12.2 Å². The number of carbonyl (C=O) groups is 1. The first kappa shape index (κ1) is 20.1. The van der Waals surface area contributed by atoms with Gasteiger partial charge in [0.25, 0.3) is 0 Å². The minimum absolute atomic E-state index is 0.0187. The minimum atomic E-state index is -0.184. The number of amides is 1. The lowest BCUT2D eigenvalue weighted by Crippen LogP contribution is -2.58. The third-order valence-electron chi connectivity index (χ3n) is 4.41. The highest BCUT2D eigenvalue weighted by Crippen LogP contribution is 2.23. The maximum atomic E-state index is 11.7. The molecule has 5 nitrogen and oxygen atoms in total. The van der Waals surface area contributed by atoms with Crippen LogP contribution in [0.15, 0.2) is 12.2 Å². The largest absolute Gasteiger partial charge is 0.379 e. The number of rotatable bonds is 10. The van der Waals surface area contributed by atoms with E-state index in [0.717, 1.165) is 6.42 Å². The van der Waals surface area contributed by atoms with E-state index in [1.54, 1.807) is 7.11 Å². The van der Waals surface area contributed by atoms with Crippen molar-refractivity contribution in [2.75, 3.05) is 20.3 Å². The first-order valence-corrected chi connectivity index (χ1v) is 8.94. The summed E-state index contributed by atoms with van der Waals surface area (Å²) in [6, 6.07) is -0.184. The summed E-state index contributed by atoms with van der Waals surface area (Å²) in [6.45, 7) is 4.92. The Morgan fingerprint density at radius 1 is 1.35 bits per heavy atom. The van der Waals surface area contributed by atoms with E-state index in [-0.39, 0.29) is 36.6 Å². The molecule has 1 saturated heterocycles. The molecule has 1 aliphatic rings. The normalized spacial score (nSPS) is 28.2. The number of methoxy groups -OCH3 is 1. The van der Waals surface area contributed by atoms with Crippen LogP contribution in [0.25, 0.3) is 0 Å². The summed E-state index contributed by atoms with van der Waals surface area (Å²) in [7, 11) is 1.68. The summed E-state index contributed by atoms with van der Waals surface area (Å²) < 4.78 is 11.5. The van der Waals surface area contributed by atoms with Crippen LogP contribution in [0.5, 0.6) is 0 Å². The summed E-state index contributed by atoms with van der Waals surface area (Å²) in [5.41, 5.74) is 5.42. The van der Waals surface area contributed by atoms with E-state index in [0.29, 0.717) is 6.61 Å². The summed E-state index contributed by atoms with van der Waals surface area (Å²) in [6.07, 6.45) is 11.4. The Hall–Kier alpha value is -0.910. The molecule has 1 heterocycles. The number of nitrogens with two attached hydrogens (primary N) is 1. The van der Waals surface area contributed by atoms with Gasteiger partial charge >= 0.3 is 0 Å². The van der Waals surface area contributed by atoms with Crippen molar-refractivity contribution in [3.8, 4) is 0 Å². The molecule has 1 rings (SSSR count). The van der Waals surface area contributed by atoms with Crippen molar-refractivity contribution in [2.24, 2.45) is 11.7 Å². The van der Waals surface area contributed by atoms with Crippen molar-refractivity contribution >= 4 is 5.91 Å². The molecule has 4 atom stereocenters. The maximum Gasteiger partial charge on any atom is 0.234 e. The number of unbranched alkanes of at least 4 members (excludes halogenated alkanes) is 5. The highest BCUT2D eigenvalue weighted by molar-refractivity contribution is 5.78. The van der Waals surface area contributed by atoms with Crippen LogP contribution in [0.2, 0.25) is 0 Å². The molecule has 0 aromatic rings. The van der Waals surface area contributed by atoms with Gasteiger partial charge in [0.15, 0.2) is 0 Å². The molecule has 0 saturated carbocycles. The lowest BCUT2D eigenvalue weighted by Gasteiger charge is -2.40. The van der Waals surface area contributed by atoms with Crippen molar-refractivity contribution in [1.82, 2.24) is 5.32 Å². The number of ether oxygens (including phenoxy) is 2. The first-order valence-electron chi connectivity index (χ1n) is 8.94. The van der Waals surface area contributed by atoms with Crippen LogP contribution < -0.4 is 11.1 Å². The van der Waals surface area contributed by atoms with Gasteiger partial charge in [-0.25, -0.2) is 0 Å². The molecule has 134 valence electrons. The Labute approximate surface area is 141 Å². The quantitative estimate of drug-likeness (QED) is 0.477. The molecule has 0 spiro atoms. The number of hydrogen-bond acceptors (Lipinski definition) is 4. The molecule has 1 aliphatic heterocycles. The predicted octanol–water partition coefficient (Wildman–Crippen LogP) is 2.40. The van der Waals surface area contributed by atoms with Crippen molar-refractivity contribution in [2.45, 2.75) is 70.6 Å². The van der Waals surface area contributed by atoms with E-state index in [9.17, 15) is 4.79 Å². The molecule has 1 fully saturated rings. The second kappa shape index (κ2) is 11.6. The summed E-state index contributed by atoms with van der Waals surface area (Å²) >= 11 is 0. The molecule has 0 bridgehead atoms. The second-order valence-electron chi connectivity index (χ2n) is 6.40. The Balaban J connectivity index is 2.53. The first-order chi connectivity index (χ1) is 11.1. The van der Waals surface area contributed by atoms with Gasteiger partial charge in [-0.15, -0.1) is 0 Å².